The van der Waals surface area contributed by atoms with Crippen molar-refractivity contribution in [2.45, 2.75) is 52.1 Å². The van der Waals surface area contributed by atoms with Gasteiger partial charge in [-0.05, 0) is 39.3 Å². The predicted molar refractivity (Wildman–Crippen MR) is 93.1 cm³/mol. The van der Waals surface area contributed by atoms with Crippen LogP contribution in [0.1, 0.15) is 53.8 Å². The molecule has 0 amide bonds. The fourth-order valence-electron chi connectivity index (χ4n) is 3.46. The molecule has 7 nitrogen and oxygen atoms in total. The molecule has 0 aromatic carbocycles. The highest BCUT2D eigenvalue weighted by Crippen LogP contribution is 2.32. The molecule has 3 heterocycles. The molecule has 2 aromatic rings. The minimum Gasteiger partial charge on any atom is -0.481 e. The minimum absolute atomic E-state index is 0.0964. The van der Waals surface area contributed by atoms with E-state index in [1.807, 2.05) is 30.9 Å². The SMILES string of the molecule is Cc1nc(CCC(=O)O)cc([C@H]2CCCN2Cc2cnn(C)c2C)n1. The van der Waals surface area contributed by atoms with Gasteiger partial charge >= 0.3 is 5.97 Å². The van der Waals surface area contributed by atoms with Gasteiger partial charge in [0.2, 0.25) is 0 Å². The van der Waals surface area contributed by atoms with Crippen LogP contribution in [0.15, 0.2) is 12.3 Å². The lowest BCUT2D eigenvalue weighted by Gasteiger charge is -2.24. The topological polar surface area (TPSA) is 84.1 Å². The van der Waals surface area contributed by atoms with Crippen molar-refractivity contribution in [1.82, 2.24) is 24.6 Å². The van der Waals surface area contributed by atoms with Gasteiger partial charge in [-0.15, -0.1) is 0 Å². The molecule has 1 atom stereocenters. The van der Waals surface area contributed by atoms with E-state index in [0.717, 1.165) is 37.3 Å². The highest BCUT2D eigenvalue weighted by atomic mass is 16.4. The van der Waals surface area contributed by atoms with Gasteiger partial charge in [-0.1, -0.05) is 0 Å². The summed E-state index contributed by atoms with van der Waals surface area (Å²) in [5, 5.41) is 13.2. The first kappa shape index (κ1) is 17.5. The molecule has 25 heavy (non-hydrogen) atoms. The molecular formula is C18H25N5O2. The van der Waals surface area contributed by atoms with Gasteiger partial charge in [0.25, 0.3) is 0 Å². The maximum absolute atomic E-state index is 10.8. The number of carboxylic acid groups (broad SMARTS) is 1. The van der Waals surface area contributed by atoms with Gasteiger partial charge in [-0.2, -0.15) is 5.10 Å². The van der Waals surface area contributed by atoms with Crippen molar-refractivity contribution >= 4 is 5.97 Å². The van der Waals surface area contributed by atoms with E-state index >= 15 is 0 Å². The number of rotatable bonds is 6. The van der Waals surface area contributed by atoms with Crippen molar-refractivity contribution in [3.05, 3.63) is 40.7 Å². The molecule has 7 heteroatoms. The highest BCUT2D eigenvalue weighted by Gasteiger charge is 2.28. The number of hydrogen-bond donors (Lipinski definition) is 1. The van der Waals surface area contributed by atoms with Crippen molar-refractivity contribution < 1.29 is 9.90 Å². The second kappa shape index (κ2) is 7.31. The lowest BCUT2D eigenvalue weighted by Crippen LogP contribution is -2.24. The number of nitrogens with zero attached hydrogens (tertiary/aromatic N) is 5. The van der Waals surface area contributed by atoms with Crippen molar-refractivity contribution in [3.63, 3.8) is 0 Å². The summed E-state index contributed by atoms with van der Waals surface area (Å²) in [5.41, 5.74) is 4.25. The molecule has 134 valence electrons. The third kappa shape index (κ3) is 4.04. The van der Waals surface area contributed by atoms with Crippen LogP contribution >= 0.6 is 0 Å². The number of hydrogen-bond acceptors (Lipinski definition) is 5. The molecule has 0 unspecified atom stereocenters. The third-order valence-corrected chi connectivity index (χ3v) is 4.92. The Morgan fingerprint density at radius 3 is 2.84 bits per heavy atom. The minimum atomic E-state index is -0.799. The van der Waals surface area contributed by atoms with Gasteiger partial charge in [0.05, 0.1) is 24.4 Å². The van der Waals surface area contributed by atoms with Crippen LogP contribution in [0, 0.1) is 13.8 Å². The predicted octanol–water partition coefficient (Wildman–Crippen LogP) is 2.18. The Balaban J connectivity index is 1.79. The second-order valence-electron chi connectivity index (χ2n) is 6.73. The van der Waals surface area contributed by atoms with Crippen LogP contribution in [0.5, 0.6) is 0 Å². The summed E-state index contributed by atoms with van der Waals surface area (Å²) < 4.78 is 1.90. The molecule has 1 N–H and O–H groups in total. The first-order valence-electron chi connectivity index (χ1n) is 8.72. The highest BCUT2D eigenvalue weighted by molar-refractivity contribution is 5.66. The lowest BCUT2D eigenvalue weighted by atomic mass is 10.1. The monoisotopic (exact) mass is 343 g/mol. The summed E-state index contributed by atoms with van der Waals surface area (Å²) in [7, 11) is 1.96. The maximum Gasteiger partial charge on any atom is 0.303 e. The largest absolute Gasteiger partial charge is 0.481 e. The van der Waals surface area contributed by atoms with Crippen LogP contribution in [0.4, 0.5) is 0 Å². The molecule has 2 aromatic heterocycles. The van der Waals surface area contributed by atoms with E-state index in [2.05, 4.69) is 26.9 Å². The van der Waals surface area contributed by atoms with Crippen molar-refractivity contribution in [1.29, 1.82) is 0 Å². The molecule has 0 saturated carbocycles. The number of aryl methyl sites for hydroxylation is 3. The number of aliphatic carboxylic acids is 1. The van der Waals surface area contributed by atoms with Crippen LogP contribution in [0.3, 0.4) is 0 Å². The van der Waals surface area contributed by atoms with Gasteiger partial charge < -0.3 is 5.11 Å². The lowest BCUT2D eigenvalue weighted by molar-refractivity contribution is -0.136. The average molecular weight is 343 g/mol. The molecule has 0 aliphatic carbocycles. The number of likely N-dealkylation sites (tertiary alicyclic amines) is 1. The van der Waals surface area contributed by atoms with Crippen LogP contribution in [0.25, 0.3) is 0 Å². The Kier molecular flexibility index (Phi) is 5.13. The molecule has 1 aliphatic heterocycles. The molecule has 3 rings (SSSR count). The van der Waals surface area contributed by atoms with E-state index in [-0.39, 0.29) is 12.5 Å². The molecule has 1 saturated heterocycles. The average Bonchev–Trinajstić information content (AvgIpc) is 3.15. The van der Waals surface area contributed by atoms with Crippen LogP contribution in [-0.4, -0.2) is 42.3 Å². The molecule has 0 bridgehead atoms. The van der Waals surface area contributed by atoms with E-state index in [1.54, 1.807) is 0 Å². The molecule has 1 aliphatic rings. The van der Waals surface area contributed by atoms with E-state index in [9.17, 15) is 4.79 Å². The Bertz CT molecular complexity index is 771. The first-order valence-corrected chi connectivity index (χ1v) is 8.72. The van der Waals surface area contributed by atoms with Gasteiger partial charge in [0, 0.05) is 37.0 Å². The zero-order valence-corrected chi connectivity index (χ0v) is 15.1. The van der Waals surface area contributed by atoms with Crippen molar-refractivity contribution in [2.24, 2.45) is 7.05 Å². The Hall–Kier alpha value is -2.28. The van der Waals surface area contributed by atoms with E-state index in [4.69, 9.17) is 5.11 Å². The normalized spacial score (nSPS) is 18.0. The summed E-state index contributed by atoms with van der Waals surface area (Å²) >= 11 is 0. The molecular weight excluding hydrogens is 318 g/mol. The smallest absolute Gasteiger partial charge is 0.303 e. The van der Waals surface area contributed by atoms with Crippen LogP contribution in [-0.2, 0) is 24.8 Å². The van der Waals surface area contributed by atoms with Crippen molar-refractivity contribution in [2.75, 3.05) is 6.54 Å². The quantitative estimate of drug-likeness (QED) is 0.865. The van der Waals surface area contributed by atoms with E-state index in [0.29, 0.717) is 12.2 Å². The first-order chi connectivity index (χ1) is 11.9. The Labute approximate surface area is 147 Å². The molecule has 1 fully saturated rings. The number of carboxylic acids is 1. The van der Waals surface area contributed by atoms with Crippen LogP contribution < -0.4 is 0 Å². The third-order valence-electron chi connectivity index (χ3n) is 4.92. The van der Waals surface area contributed by atoms with E-state index < -0.39 is 5.97 Å². The fourth-order valence-corrected chi connectivity index (χ4v) is 3.46. The standard InChI is InChI=1S/C18H25N5O2/c1-12-14(10-19-22(12)3)11-23-8-4-5-17(23)16-9-15(6-7-18(24)25)20-13(2)21-16/h9-10,17H,4-8,11H2,1-3H3,(H,24,25)/t17-/m1/s1. The summed E-state index contributed by atoms with van der Waals surface area (Å²) in [4.78, 5) is 22.3. The van der Waals surface area contributed by atoms with Gasteiger partial charge in [-0.25, -0.2) is 9.97 Å². The number of aromatic nitrogens is 4. The Morgan fingerprint density at radius 2 is 2.16 bits per heavy atom. The Morgan fingerprint density at radius 1 is 1.36 bits per heavy atom. The summed E-state index contributed by atoms with van der Waals surface area (Å²) in [6.07, 6.45) is 4.68. The maximum atomic E-state index is 10.8. The summed E-state index contributed by atoms with van der Waals surface area (Å²) in [5.74, 6) is -0.0883. The fraction of sp³-hybridized carbons (Fsp3) is 0.556. The van der Waals surface area contributed by atoms with Gasteiger partial charge in [-0.3, -0.25) is 14.4 Å². The van der Waals surface area contributed by atoms with Gasteiger partial charge in [0.15, 0.2) is 0 Å². The zero-order chi connectivity index (χ0) is 18.0. The second-order valence-corrected chi connectivity index (χ2v) is 6.73. The molecule has 0 radical (unpaired) electrons. The number of carbonyl (C=O) groups is 1. The zero-order valence-electron chi connectivity index (χ0n) is 15.1. The molecule has 0 spiro atoms. The van der Waals surface area contributed by atoms with Gasteiger partial charge in [0.1, 0.15) is 5.82 Å². The summed E-state index contributed by atoms with van der Waals surface area (Å²) in [6, 6.07) is 2.24. The summed E-state index contributed by atoms with van der Waals surface area (Å²) in [6.45, 7) is 5.86. The van der Waals surface area contributed by atoms with E-state index in [1.165, 1.54) is 11.3 Å². The van der Waals surface area contributed by atoms with Crippen LogP contribution in [0.2, 0.25) is 0 Å². The van der Waals surface area contributed by atoms with Crippen molar-refractivity contribution in [3.8, 4) is 0 Å².